The molecule has 1 rings (SSSR count). The van der Waals surface area contributed by atoms with Crippen LogP contribution in [0.1, 0.15) is 26.3 Å². The van der Waals surface area contributed by atoms with Crippen LogP contribution in [0.3, 0.4) is 0 Å². The summed E-state index contributed by atoms with van der Waals surface area (Å²) < 4.78 is 10.1. The van der Waals surface area contributed by atoms with E-state index in [1.54, 1.807) is 20.8 Å². The second-order valence-corrected chi connectivity index (χ2v) is 5.21. The Morgan fingerprint density at radius 1 is 1.20 bits per heavy atom. The molecule has 6 nitrogen and oxygen atoms in total. The van der Waals surface area contributed by atoms with Gasteiger partial charge in [0.2, 0.25) is 0 Å². The number of ether oxygens (including phenoxy) is 2. The number of hydrogen-bond acceptors (Lipinski definition) is 4. The number of hydrogen-bond donors (Lipinski definition) is 1. The Morgan fingerprint density at radius 2 is 1.80 bits per heavy atom. The molecule has 6 heteroatoms. The van der Waals surface area contributed by atoms with E-state index in [1.807, 2.05) is 30.3 Å². The Balaban J connectivity index is 2.38. The van der Waals surface area contributed by atoms with Gasteiger partial charge in [0.1, 0.15) is 12.2 Å². The highest BCUT2D eigenvalue weighted by molar-refractivity contribution is 5.73. The predicted octanol–water partition coefficient (Wildman–Crippen LogP) is 2.69. The summed E-state index contributed by atoms with van der Waals surface area (Å²) in [6.07, 6.45) is -1.38. The minimum Gasteiger partial charge on any atom is -0.443 e. The molecule has 0 atom stereocenters. The van der Waals surface area contributed by atoms with Crippen molar-refractivity contribution in [3.63, 3.8) is 0 Å². The predicted molar refractivity (Wildman–Crippen MR) is 73.8 cm³/mol. The van der Waals surface area contributed by atoms with Crippen molar-refractivity contribution in [3.05, 3.63) is 35.9 Å². The van der Waals surface area contributed by atoms with Gasteiger partial charge in [-0.15, -0.1) is 0 Å². The molecule has 20 heavy (non-hydrogen) atoms. The zero-order valence-electron chi connectivity index (χ0n) is 12.2. The third kappa shape index (κ3) is 6.08. The van der Waals surface area contributed by atoms with Crippen LogP contribution in [0.15, 0.2) is 30.3 Å². The highest BCUT2D eigenvalue weighted by Crippen LogP contribution is 2.07. The van der Waals surface area contributed by atoms with E-state index in [-0.39, 0.29) is 6.61 Å². The van der Waals surface area contributed by atoms with E-state index in [4.69, 9.17) is 9.47 Å². The van der Waals surface area contributed by atoms with Crippen molar-refractivity contribution in [1.82, 2.24) is 10.4 Å². The first-order valence-electron chi connectivity index (χ1n) is 6.22. The van der Waals surface area contributed by atoms with Gasteiger partial charge in [-0.05, 0) is 26.3 Å². The van der Waals surface area contributed by atoms with E-state index in [0.717, 1.165) is 10.6 Å². The van der Waals surface area contributed by atoms with Gasteiger partial charge < -0.3 is 9.47 Å². The fraction of sp³-hybridized carbons (Fsp3) is 0.429. The zero-order chi connectivity index (χ0) is 15.2. The molecule has 0 aliphatic carbocycles. The summed E-state index contributed by atoms with van der Waals surface area (Å²) >= 11 is 0. The average molecular weight is 280 g/mol. The minimum atomic E-state index is -0.711. The van der Waals surface area contributed by atoms with E-state index in [1.165, 1.54) is 7.05 Å². The van der Waals surface area contributed by atoms with Gasteiger partial charge in [0, 0.05) is 7.05 Å². The molecule has 0 radical (unpaired) electrons. The molecule has 2 amide bonds. The van der Waals surface area contributed by atoms with Crippen molar-refractivity contribution in [2.45, 2.75) is 33.0 Å². The molecular formula is C14H20N2O4. The number of benzene rings is 1. The van der Waals surface area contributed by atoms with Crippen molar-refractivity contribution >= 4 is 12.2 Å². The van der Waals surface area contributed by atoms with Crippen LogP contribution in [-0.4, -0.2) is 29.8 Å². The number of rotatable bonds is 2. The average Bonchev–Trinajstić information content (AvgIpc) is 2.34. The molecule has 0 heterocycles. The summed E-state index contributed by atoms with van der Waals surface area (Å²) in [5, 5.41) is 0.941. The second kappa shape index (κ2) is 6.79. The summed E-state index contributed by atoms with van der Waals surface area (Å²) in [6, 6.07) is 9.27. The summed E-state index contributed by atoms with van der Waals surface area (Å²) in [4.78, 5) is 23.1. The van der Waals surface area contributed by atoms with Gasteiger partial charge in [-0.2, -0.15) is 0 Å². The Labute approximate surface area is 118 Å². The minimum absolute atomic E-state index is 0.139. The lowest BCUT2D eigenvalue weighted by Gasteiger charge is -2.23. The maximum Gasteiger partial charge on any atom is 0.428 e. The van der Waals surface area contributed by atoms with Crippen LogP contribution in [0.25, 0.3) is 0 Å². The molecule has 0 fully saturated rings. The molecule has 110 valence electrons. The molecule has 1 N–H and O–H groups in total. The molecule has 0 aromatic heterocycles. The van der Waals surface area contributed by atoms with Gasteiger partial charge in [-0.1, -0.05) is 30.3 Å². The third-order valence-electron chi connectivity index (χ3n) is 2.14. The van der Waals surface area contributed by atoms with Gasteiger partial charge in [0.05, 0.1) is 0 Å². The molecule has 0 aliphatic heterocycles. The second-order valence-electron chi connectivity index (χ2n) is 5.21. The van der Waals surface area contributed by atoms with Crippen molar-refractivity contribution in [3.8, 4) is 0 Å². The van der Waals surface area contributed by atoms with Crippen molar-refractivity contribution in [2.75, 3.05) is 7.05 Å². The van der Waals surface area contributed by atoms with Crippen molar-refractivity contribution in [2.24, 2.45) is 0 Å². The summed E-state index contributed by atoms with van der Waals surface area (Å²) in [5.74, 6) is 0. The van der Waals surface area contributed by atoms with Crippen molar-refractivity contribution in [1.29, 1.82) is 0 Å². The smallest absolute Gasteiger partial charge is 0.428 e. The van der Waals surface area contributed by atoms with E-state index in [0.29, 0.717) is 0 Å². The third-order valence-corrected chi connectivity index (χ3v) is 2.14. The van der Waals surface area contributed by atoms with Gasteiger partial charge in [-0.25, -0.2) is 20.0 Å². The Morgan fingerprint density at radius 3 is 2.35 bits per heavy atom. The molecule has 0 spiro atoms. The normalized spacial score (nSPS) is 10.6. The fourth-order valence-electron chi connectivity index (χ4n) is 1.30. The molecule has 0 aliphatic rings. The van der Waals surface area contributed by atoms with Crippen LogP contribution >= 0.6 is 0 Å². The number of carbonyl (C=O) groups is 2. The van der Waals surface area contributed by atoms with Crippen LogP contribution in [0.2, 0.25) is 0 Å². The van der Waals surface area contributed by atoms with E-state index >= 15 is 0 Å². The number of nitrogens with one attached hydrogen (secondary N) is 1. The van der Waals surface area contributed by atoms with E-state index in [9.17, 15) is 9.59 Å². The molecule has 0 saturated heterocycles. The number of amides is 2. The Kier molecular flexibility index (Phi) is 5.37. The molecular weight excluding hydrogens is 260 g/mol. The van der Waals surface area contributed by atoms with Crippen LogP contribution in [0.4, 0.5) is 9.59 Å². The molecule has 0 bridgehead atoms. The topological polar surface area (TPSA) is 67.9 Å². The monoisotopic (exact) mass is 280 g/mol. The van der Waals surface area contributed by atoms with Gasteiger partial charge in [0.15, 0.2) is 0 Å². The van der Waals surface area contributed by atoms with Gasteiger partial charge in [0.25, 0.3) is 0 Å². The number of hydrazine groups is 1. The van der Waals surface area contributed by atoms with E-state index in [2.05, 4.69) is 5.43 Å². The zero-order valence-corrected chi connectivity index (χ0v) is 12.2. The lowest BCUT2D eigenvalue weighted by Crippen LogP contribution is -2.45. The Hall–Kier alpha value is -2.24. The van der Waals surface area contributed by atoms with Crippen LogP contribution < -0.4 is 5.43 Å². The molecule has 1 aromatic carbocycles. The molecule has 0 unspecified atom stereocenters. The molecule has 1 aromatic rings. The Bertz CT molecular complexity index is 454. The van der Waals surface area contributed by atoms with Crippen LogP contribution in [0.5, 0.6) is 0 Å². The van der Waals surface area contributed by atoms with Gasteiger partial charge in [-0.3, -0.25) is 0 Å². The summed E-state index contributed by atoms with van der Waals surface area (Å²) in [5.41, 5.74) is 2.51. The fourth-order valence-corrected chi connectivity index (χ4v) is 1.30. The standard InChI is InChI=1S/C14H20N2O4/c1-14(2,3)20-12(17)15-16(4)13(18)19-10-11-8-6-5-7-9-11/h5-9H,10H2,1-4H3,(H,15,17). The largest absolute Gasteiger partial charge is 0.443 e. The van der Waals surface area contributed by atoms with Crippen LogP contribution in [-0.2, 0) is 16.1 Å². The summed E-state index contributed by atoms with van der Waals surface area (Å²) in [6.45, 7) is 5.35. The summed E-state index contributed by atoms with van der Waals surface area (Å²) in [7, 11) is 1.39. The van der Waals surface area contributed by atoms with E-state index < -0.39 is 17.8 Å². The SMILES string of the molecule is CN(NC(=O)OC(C)(C)C)C(=O)OCc1ccccc1. The van der Waals surface area contributed by atoms with Gasteiger partial charge >= 0.3 is 12.2 Å². The maximum atomic E-state index is 11.7. The first-order valence-corrected chi connectivity index (χ1v) is 6.22. The molecule has 0 saturated carbocycles. The lowest BCUT2D eigenvalue weighted by molar-refractivity contribution is 0.0317. The maximum absolute atomic E-state index is 11.7. The number of carbonyl (C=O) groups excluding carboxylic acids is 2. The highest BCUT2D eigenvalue weighted by atomic mass is 16.6. The van der Waals surface area contributed by atoms with Crippen molar-refractivity contribution < 1.29 is 19.1 Å². The lowest BCUT2D eigenvalue weighted by atomic mass is 10.2. The first-order chi connectivity index (χ1) is 9.28. The van der Waals surface area contributed by atoms with Crippen LogP contribution in [0, 0.1) is 0 Å². The number of nitrogens with zero attached hydrogens (tertiary/aromatic N) is 1. The quantitative estimate of drug-likeness (QED) is 0.846. The first kappa shape index (κ1) is 15.8. The highest BCUT2D eigenvalue weighted by Gasteiger charge is 2.19.